The average molecular weight is 288 g/mol. The number of allylic oxidation sites excluding steroid dienone is 1. The van der Waals surface area contributed by atoms with Gasteiger partial charge in [0.1, 0.15) is 11.9 Å². The smallest absolute Gasteiger partial charge is 0.130 e. The lowest BCUT2D eigenvalue weighted by Gasteiger charge is -2.21. The number of hydrogen-bond donors (Lipinski definition) is 0. The lowest BCUT2D eigenvalue weighted by Crippen LogP contribution is -2.19. The Morgan fingerprint density at radius 1 is 1.27 bits per heavy atom. The van der Waals surface area contributed by atoms with Crippen LogP contribution in [0.15, 0.2) is 34.8 Å². The molecule has 2 rings (SSSR count). The highest BCUT2D eigenvalue weighted by molar-refractivity contribution is 9.11. The van der Waals surface area contributed by atoms with Crippen LogP contribution in [-0.4, -0.2) is 6.10 Å². The third-order valence-corrected chi connectivity index (χ3v) is 3.50. The highest BCUT2D eigenvalue weighted by Crippen LogP contribution is 2.28. The molecule has 15 heavy (non-hydrogen) atoms. The summed E-state index contributed by atoms with van der Waals surface area (Å²) in [6.07, 6.45) is 5.75. The van der Waals surface area contributed by atoms with Crippen molar-refractivity contribution in [1.29, 1.82) is 0 Å². The van der Waals surface area contributed by atoms with Gasteiger partial charge in [-0.15, -0.1) is 0 Å². The molecule has 80 valence electrons. The molecule has 0 N–H and O–H groups in total. The van der Waals surface area contributed by atoms with Gasteiger partial charge in [-0.25, -0.2) is 0 Å². The topological polar surface area (TPSA) is 9.23 Å². The fourth-order valence-electron chi connectivity index (χ4n) is 1.61. The summed E-state index contributed by atoms with van der Waals surface area (Å²) in [6, 6.07) is 7.49. The standard InChI is InChI=1S/C12H12BrClO/c13-11-3-1-2-4-12(11)15-10-7-5-9(14)6-8-10/h3,5-8,12H,1-2,4H2. The van der Waals surface area contributed by atoms with Crippen molar-refractivity contribution in [3.05, 3.63) is 39.8 Å². The first-order valence-corrected chi connectivity index (χ1v) is 6.20. The van der Waals surface area contributed by atoms with Crippen LogP contribution in [0.25, 0.3) is 0 Å². The van der Waals surface area contributed by atoms with Gasteiger partial charge in [0, 0.05) is 9.51 Å². The van der Waals surface area contributed by atoms with E-state index in [1.807, 2.05) is 24.3 Å². The Morgan fingerprint density at radius 3 is 2.67 bits per heavy atom. The largest absolute Gasteiger partial charge is 0.485 e. The van der Waals surface area contributed by atoms with E-state index in [0.29, 0.717) is 0 Å². The molecule has 1 unspecified atom stereocenters. The first-order chi connectivity index (χ1) is 7.25. The number of hydrogen-bond acceptors (Lipinski definition) is 1. The molecule has 1 aromatic carbocycles. The Hall–Kier alpha value is -0.470. The molecule has 0 saturated carbocycles. The molecule has 1 aliphatic rings. The van der Waals surface area contributed by atoms with E-state index < -0.39 is 0 Å². The van der Waals surface area contributed by atoms with Gasteiger partial charge < -0.3 is 4.74 Å². The molecule has 1 aliphatic carbocycles. The monoisotopic (exact) mass is 286 g/mol. The summed E-state index contributed by atoms with van der Waals surface area (Å²) in [7, 11) is 0. The second kappa shape index (κ2) is 5.04. The minimum atomic E-state index is 0.167. The molecule has 0 spiro atoms. The second-order valence-corrected chi connectivity index (χ2v) is 4.93. The highest BCUT2D eigenvalue weighted by atomic mass is 79.9. The van der Waals surface area contributed by atoms with Crippen LogP contribution >= 0.6 is 27.5 Å². The maximum atomic E-state index is 5.85. The predicted molar refractivity (Wildman–Crippen MR) is 66.7 cm³/mol. The lowest BCUT2D eigenvalue weighted by molar-refractivity contribution is 0.227. The van der Waals surface area contributed by atoms with Crippen molar-refractivity contribution in [2.24, 2.45) is 0 Å². The van der Waals surface area contributed by atoms with Gasteiger partial charge in [-0.05, 0) is 43.5 Å². The van der Waals surface area contributed by atoms with Gasteiger partial charge in [0.05, 0.1) is 0 Å². The fourth-order valence-corrected chi connectivity index (χ4v) is 2.28. The minimum Gasteiger partial charge on any atom is -0.485 e. The van der Waals surface area contributed by atoms with Gasteiger partial charge in [0.2, 0.25) is 0 Å². The van der Waals surface area contributed by atoms with E-state index >= 15 is 0 Å². The van der Waals surface area contributed by atoms with Crippen LogP contribution in [0.3, 0.4) is 0 Å². The van der Waals surface area contributed by atoms with Gasteiger partial charge in [-0.2, -0.15) is 0 Å². The average Bonchev–Trinajstić information content (AvgIpc) is 2.25. The number of ether oxygens (including phenoxy) is 1. The lowest BCUT2D eigenvalue weighted by atomic mass is 10.1. The van der Waals surface area contributed by atoms with Crippen LogP contribution in [0.5, 0.6) is 5.75 Å². The summed E-state index contributed by atoms with van der Waals surface area (Å²) in [5.74, 6) is 0.872. The van der Waals surface area contributed by atoms with Crippen LogP contribution in [0.4, 0.5) is 0 Å². The first kappa shape index (κ1) is 11.0. The number of rotatable bonds is 2. The van der Waals surface area contributed by atoms with E-state index in [2.05, 4.69) is 22.0 Å². The Kier molecular flexibility index (Phi) is 3.71. The van der Waals surface area contributed by atoms with E-state index in [-0.39, 0.29) is 6.10 Å². The molecule has 1 atom stereocenters. The molecular weight excluding hydrogens is 275 g/mol. The fraction of sp³-hybridized carbons (Fsp3) is 0.333. The zero-order valence-corrected chi connectivity index (χ0v) is 10.6. The van der Waals surface area contributed by atoms with E-state index in [1.165, 1.54) is 6.42 Å². The van der Waals surface area contributed by atoms with E-state index in [4.69, 9.17) is 16.3 Å². The Bertz CT molecular complexity index is 358. The maximum absolute atomic E-state index is 5.85. The summed E-state index contributed by atoms with van der Waals surface area (Å²) in [4.78, 5) is 0. The molecule has 1 nitrogen and oxygen atoms in total. The Balaban J connectivity index is 2.05. The number of benzene rings is 1. The van der Waals surface area contributed by atoms with Crippen LogP contribution < -0.4 is 4.74 Å². The molecular formula is C12H12BrClO. The van der Waals surface area contributed by atoms with Crippen molar-refractivity contribution in [1.82, 2.24) is 0 Å². The predicted octanol–water partition coefficient (Wildman–Crippen LogP) is 4.55. The summed E-state index contributed by atoms with van der Waals surface area (Å²) < 4.78 is 7.00. The van der Waals surface area contributed by atoms with Gasteiger partial charge in [0.25, 0.3) is 0 Å². The highest BCUT2D eigenvalue weighted by Gasteiger charge is 2.16. The molecule has 0 radical (unpaired) electrons. The molecule has 0 bridgehead atoms. The van der Waals surface area contributed by atoms with Crippen molar-refractivity contribution in [3.63, 3.8) is 0 Å². The summed E-state index contributed by atoms with van der Waals surface area (Å²) in [5, 5.41) is 0.737. The third-order valence-electron chi connectivity index (χ3n) is 2.41. The minimum absolute atomic E-state index is 0.167. The molecule has 0 heterocycles. The molecule has 0 aliphatic heterocycles. The Labute approximate surface area is 103 Å². The maximum Gasteiger partial charge on any atom is 0.130 e. The third kappa shape index (κ3) is 2.99. The molecule has 3 heteroatoms. The molecule has 0 amide bonds. The molecule has 0 fully saturated rings. The molecule has 1 aromatic rings. The summed E-state index contributed by atoms with van der Waals surface area (Å²) in [5.41, 5.74) is 0. The van der Waals surface area contributed by atoms with Crippen LogP contribution in [0.2, 0.25) is 5.02 Å². The van der Waals surface area contributed by atoms with Gasteiger partial charge >= 0.3 is 0 Å². The van der Waals surface area contributed by atoms with E-state index in [1.54, 1.807) is 0 Å². The molecule has 0 aromatic heterocycles. The summed E-state index contributed by atoms with van der Waals surface area (Å²) in [6.45, 7) is 0. The van der Waals surface area contributed by atoms with Crippen molar-refractivity contribution in [3.8, 4) is 5.75 Å². The normalized spacial score (nSPS) is 20.9. The van der Waals surface area contributed by atoms with E-state index in [9.17, 15) is 0 Å². The zero-order chi connectivity index (χ0) is 10.7. The Morgan fingerprint density at radius 2 is 2.00 bits per heavy atom. The van der Waals surface area contributed by atoms with Crippen LogP contribution in [-0.2, 0) is 0 Å². The van der Waals surface area contributed by atoms with E-state index in [0.717, 1.165) is 28.1 Å². The van der Waals surface area contributed by atoms with Crippen LogP contribution in [0, 0.1) is 0 Å². The van der Waals surface area contributed by atoms with Gasteiger partial charge in [-0.3, -0.25) is 0 Å². The number of halogens is 2. The second-order valence-electron chi connectivity index (χ2n) is 3.58. The van der Waals surface area contributed by atoms with Crippen molar-refractivity contribution in [2.75, 3.05) is 0 Å². The first-order valence-electron chi connectivity index (χ1n) is 5.03. The zero-order valence-electron chi connectivity index (χ0n) is 8.25. The van der Waals surface area contributed by atoms with Crippen molar-refractivity contribution < 1.29 is 4.74 Å². The van der Waals surface area contributed by atoms with Crippen molar-refractivity contribution in [2.45, 2.75) is 25.4 Å². The van der Waals surface area contributed by atoms with Crippen LogP contribution in [0.1, 0.15) is 19.3 Å². The quantitative estimate of drug-likeness (QED) is 0.775. The SMILES string of the molecule is Clc1ccc(OC2CCCC=C2Br)cc1. The summed E-state index contributed by atoms with van der Waals surface area (Å²) >= 11 is 9.34. The van der Waals surface area contributed by atoms with Gasteiger partial charge in [0.15, 0.2) is 0 Å². The molecule has 0 saturated heterocycles. The van der Waals surface area contributed by atoms with Crippen molar-refractivity contribution >= 4 is 27.5 Å². The van der Waals surface area contributed by atoms with Gasteiger partial charge in [-0.1, -0.05) is 33.6 Å².